The van der Waals surface area contributed by atoms with Gasteiger partial charge in [-0.1, -0.05) is 11.6 Å². The molecule has 2 rings (SSSR count). The van der Waals surface area contributed by atoms with Crippen molar-refractivity contribution in [1.82, 2.24) is 10.2 Å². The molecule has 0 aliphatic rings. The lowest BCUT2D eigenvalue weighted by molar-refractivity contribution is -0.122. The number of halogens is 1. The van der Waals surface area contributed by atoms with Crippen LogP contribution < -0.4 is 24.3 Å². The molecule has 0 aliphatic carbocycles. The first-order valence-electron chi connectivity index (χ1n) is 8.98. The first-order chi connectivity index (χ1) is 13.9. The zero-order valence-corrected chi connectivity index (χ0v) is 18.1. The zero-order chi connectivity index (χ0) is 21.4. The van der Waals surface area contributed by atoms with Crippen LogP contribution in [0.2, 0.25) is 5.02 Å². The van der Waals surface area contributed by atoms with Crippen molar-refractivity contribution in [3.8, 4) is 23.0 Å². The van der Waals surface area contributed by atoms with Crippen molar-refractivity contribution in [3.05, 3.63) is 46.5 Å². The monoisotopic (exact) mass is 422 g/mol. The third-order valence-electron chi connectivity index (χ3n) is 4.31. The van der Waals surface area contributed by atoms with Crippen LogP contribution in [0.15, 0.2) is 30.3 Å². The van der Waals surface area contributed by atoms with Gasteiger partial charge < -0.3 is 24.3 Å². The smallest absolute Gasteiger partial charge is 0.234 e. The maximum Gasteiger partial charge on any atom is 0.234 e. The molecule has 0 spiro atoms. The molecule has 0 saturated carbocycles. The molecule has 0 heterocycles. The van der Waals surface area contributed by atoms with E-state index < -0.39 is 0 Å². The number of hydrogen-bond donors (Lipinski definition) is 1. The molecule has 0 unspecified atom stereocenters. The van der Waals surface area contributed by atoms with Gasteiger partial charge in [-0.2, -0.15) is 0 Å². The Balaban J connectivity index is 1.97. The number of carbonyl (C=O) groups excluding carboxylic acids is 1. The van der Waals surface area contributed by atoms with E-state index in [1.54, 1.807) is 34.5 Å². The van der Waals surface area contributed by atoms with Gasteiger partial charge in [0.1, 0.15) is 5.75 Å². The van der Waals surface area contributed by atoms with Crippen LogP contribution >= 0.6 is 11.6 Å². The van der Waals surface area contributed by atoms with Crippen LogP contribution in [0.25, 0.3) is 0 Å². The van der Waals surface area contributed by atoms with Gasteiger partial charge >= 0.3 is 0 Å². The minimum Gasteiger partial charge on any atom is -0.496 e. The van der Waals surface area contributed by atoms with Gasteiger partial charge in [-0.3, -0.25) is 9.69 Å². The second kappa shape index (κ2) is 10.8. The number of nitrogens with one attached hydrogen (secondary N) is 1. The van der Waals surface area contributed by atoms with Gasteiger partial charge in [0.15, 0.2) is 11.5 Å². The second-order valence-electron chi connectivity index (χ2n) is 6.44. The molecule has 2 aromatic rings. The summed E-state index contributed by atoms with van der Waals surface area (Å²) in [6.45, 7) is 1.09. The quantitative estimate of drug-likeness (QED) is 0.634. The summed E-state index contributed by atoms with van der Waals surface area (Å²) in [5.74, 6) is 2.23. The molecule has 0 aromatic heterocycles. The van der Waals surface area contributed by atoms with Gasteiger partial charge in [0.2, 0.25) is 11.7 Å². The van der Waals surface area contributed by atoms with Crippen molar-refractivity contribution in [2.45, 2.75) is 13.1 Å². The molecular formula is C21H27ClN2O5. The van der Waals surface area contributed by atoms with Gasteiger partial charge in [-0.25, -0.2) is 0 Å². The molecule has 7 nitrogen and oxygen atoms in total. The average Bonchev–Trinajstić information content (AvgIpc) is 2.71. The van der Waals surface area contributed by atoms with Gasteiger partial charge in [0, 0.05) is 23.7 Å². The van der Waals surface area contributed by atoms with Crippen molar-refractivity contribution in [3.63, 3.8) is 0 Å². The fourth-order valence-corrected chi connectivity index (χ4v) is 3.15. The maximum atomic E-state index is 12.4. The molecule has 0 bridgehead atoms. The molecule has 8 heteroatoms. The Hall–Kier alpha value is -2.64. The largest absolute Gasteiger partial charge is 0.496 e. The first kappa shape index (κ1) is 22.6. The van der Waals surface area contributed by atoms with Gasteiger partial charge in [-0.15, -0.1) is 0 Å². The number of benzene rings is 2. The van der Waals surface area contributed by atoms with Crippen LogP contribution in [0.4, 0.5) is 0 Å². The number of hydrogen-bond acceptors (Lipinski definition) is 6. The summed E-state index contributed by atoms with van der Waals surface area (Å²) in [5.41, 5.74) is 1.76. The van der Waals surface area contributed by atoms with E-state index in [4.69, 9.17) is 30.5 Å². The summed E-state index contributed by atoms with van der Waals surface area (Å²) < 4.78 is 21.3. The van der Waals surface area contributed by atoms with Gasteiger partial charge in [0.05, 0.1) is 35.0 Å². The van der Waals surface area contributed by atoms with Crippen LogP contribution in [0, 0.1) is 0 Å². The summed E-state index contributed by atoms with van der Waals surface area (Å²) >= 11 is 6.07. The minimum atomic E-state index is -0.109. The van der Waals surface area contributed by atoms with Crippen molar-refractivity contribution < 1.29 is 23.7 Å². The van der Waals surface area contributed by atoms with Crippen molar-refractivity contribution >= 4 is 17.5 Å². The van der Waals surface area contributed by atoms with Gasteiger partial charge in [-0.05, 0) is 42.9 Å². The molecule has 1 N–H and O–H groups in total. The topological polar surface area (TPSA) is 69.3 Å². The third kappa shape index (κ3) is 6.17. The maximum absolute atomic E-state index is 12.4. The molecule has 2 aromatic carbocycles. The summed E-state index contributed by atoms with van der Waals surface area (Å²) in [6, 6.07) is 9.04. The average molecular weight is 423 g/mol. The SMILES string of the molecule is COc1ccc(Cl)cc1CN(C)CC(=O)NCc1cc(OC)c(OC)c(OC)c1. The standard InChI is InChI=1S/C21H27ClN2O5/c1-24(12-15-10-16(22)6-7-17(15)26-2)13-20(25)23-11-14-8-18(27-3)21(29-5)19(9-14)28-4/h6-10H,11-13H2,1-5H3,(H,23,25). The minimum absolute atomic E-state index is 0.109. The first-order valence-corrected chi connectivity index (χ1v) is 9.36. The lowest BCUT2D eigenvalue weighted by Gasteiger charge is -2.19. The van der Waals surface area contributed by atoms with E-state index in [-0.39, 0.29) is 12.5 Å². The fraction of sp³-hybridized carbons (Fsp3) is 0.381. The summed E-state index contributed by atoms with van der Waals surface area (Å²) in [7, 11) is 8.13. The Kier molecular flexibility index (Phi) is 8.42. The number of ether oxygens (including phenoxy) is 4. The summed E-state index contributed by atoms with van der Waals surface area (Å²) in [4.78, 5) is 14.3. The number of nitrogens with zero attached hydrogens (tertiary/aromatic N) is 1. The zero-order valence-electron chi connectivity index (χ0n) is 17.4. The molecule has 158 valence electrons. The Bertz CT molecular complexity index is 819. The lowest BCUT2D eigenvalue weighted by atomic mass is 10.1. The van der Waals surface area contributed by atoms with Crippen LogP contribution in [0.3, 0.4) is 0 Å². The van der Waals surface area contributed by atoms with E-state index in [0.29, 0.717) is 35.4 Å². The van der Waals surface area contributed by atoms with Crippen molar-refractivity contribution in [2.75, 3.05) is 42.0 Å². The molecular weight excluding hydrogens is 396 g/mol. The van der Waals surface area contributed by atoms with Crippen LogP contribution in [0.1, 0.15) is 11.1 Å². The fourth-order valence-electron chi connectivity index (χ4n) is 2.96. The second-order valence-corrected chi connectivity index (χ2v) is 6.88. The highest BCUT2D eigenvalue weighted by molar-refractivity contribution is 6.30. The van der Waals surface area contributed by atoms with E-state index in [9.17, 15) is 4.79 Å². The number of methoxy groups -OCH3 is 4. The highest BCUT2D eigenvalue weighted by atomic mass is 35.5. The van der Waals surface area contributed by atoms with E-state index >= 15 is 0 Å². The number of amides is 1. The Morgan fingerprint density at radius 2 is 1.59 bits per heavy atom. The molecule has 0 radical (unpaired) electrons. The number of carbonyl (C=O) groups is 1. The summed E-state index contributed by atoms with van der Waals surface area (Å²) in [6.07, 6.45) is 0. The Labute approximate surface area is 176 Å². The predicted octanol–water partition coefficient (Wildman–Crippen LogP) is 3.12. The van der Waals surface area contributed by atoms with E-state index in [2.05, 4.69) is 5.32 Å². The van der Waals surface area contributed by atoms with E-state index in [1.807, 2.05) is 36.2 Å². The number of rotatable bonds is 10. The Morgan fingerprint density at radius 1 is 0.966 bits per heavy atom. The van der Waals surface area contributed by atoms with Crippen LogP contribution in [0.5, 0.6) is 23.0 Å². The molecule has 1 amide bonds. The van der Waals surface area contributed by atoms with E-state index in [0.717, 1.165) is 16.9 Å². The molecule has 29 heavy (non-hydrogen) atoms. The summed E-state index contributed by atoms with van der Waals surface area (Å²) in [5, 5.41) is 3.53. The third-order valence-corrected chi connectivity index (χ3v) is 4.55. The highest BCUT2D eigenvalue weighted by Crippen LogP contribution is 2.38. The van der Waals surface area contributed by atoms with Gasteiger partial charge in [0.25, 0.3) is 0 Å². The van der Waals surface area contributed by atoms with Crippen LogP contribution in [-0.4, -0.2) is 52.8 Å². The molecule has 0 fully saturated rings. The molecule has 0 aliphatic heterocycles. The van der Waals surface area contributed by atoms with Crippen molar-refractivity contribution in [1.29, 1.82) is 0 Å². The lowest BCUT2D eigenvalue weighted by Crippen LogP contribution is -2.34. The van der Waals surface area contributed by atoms with Crippen molar-refractivity contribution in [2.24, 2.45) is 0 Å². The normalized spacial score (nSPS) is 10.6. The number of likely N-dealkylation sites (N-methyl/N-ethyl adjacent to an activating group) is 1. The Morgan fingerprint density at radius 3 is 2.14 bits per heavy atom. The van der Waals surface area contributed by atoms with E-state index in [1.165, 1.54) is 0 Å². The molecule has 0 saturated heterocycles. The predicted molar refractivity (Wildman–Crippen MR) is 112 cm³/mol. The highest BCUT2D eigenvalue weighted by Gasteiger charge is 2.14. The molecule has 0 atom stereocenters. The van der Waals surface area contributed by atoms with Crippen LogP contribution in [-0.2, 0) is 17.9 Å².